The molecule has 2 rings (SSSR count). The molecule has 0 radical (unpaired) electrons. The van der Waals surface area contributed by atoms with Crippen LogP contribution in [0.15, 0.2) is 47.6 Å². The monoisotopic (exact) mass is 310 g/mol. The second kappa shape index (κ2) is 5.60. The van der Waals surface area contributed by atoms with Gasteiger partial charge in [0.15, 0.2) is 9.84 Å². The number of amides is 1. The van der Waals surface area contributed by atoms with Gasteiger partial charge in [-0.3, -0.25) is 9.78 Å². The van der Waals surface area contributed by atoms with Crippen molar-refractivity contribution in [3.63, 3.8) is 0 Å². The topological polar surface area (TPSA) is 76.1 Å². The first-order chi connectivity index (χ1) is 9.38. The lowest BCUT2D eigenvalue weighted by atomic mass is 10.2. The number of pyridine rings is 1. The van der Waals surface area contributed by atoms with E-state index in [9.17, 15) is 13.2 Å². The molecule has 7 heteroatoms. The zero-order valence-corrected chi connectivity index (χ0v) is 12.1. The van der Waals surface area contributed by atoms with Gasteiger partial charge in [0.2, 0.25) is 0 Å². The summed E-state index contributed by atoms with van der Waals surface area (Å²) in [6.07, 6.45) is 4.04. The van der Waals surface area contributed by atoms with E-state index in [0.29, 0.717) is 5.56 Å². The fourth-order valence-corrected chi connectivity index (χ4v) is 2.33. The van der Waals surface area contributed by atoms with Gasteiger partial charge in [-0.1, -0.05) is 11.6 Å². The maximum atomic E-state index is 12.0. The first kappa shape index (κ1) is 14.5. The predicted octanol–water partition coefficient (Wildman–Crippen LogP) is 2.39. The van der Waals surface area contributed by atoms with Crippen molar-refractivity contribution in [2.45, 2.75) is 4.90 Å². The molecule has 0 aliphatic carbocycles. The van der Waals surface area contributed by atoms with E-state index in [1.165, 1.54) is 24.4 Å². The lowest BCUT2D eigenvalue weighted by molar-refractivity contribution is 0.102. The summed E-state index contributed by atoms with van der Waals surface area (Å²) in [5.41, 5.74) is 0.594. The van der Waals surface area contributed by atoms with E-state index < -0.39 is 15.7 Å². The van der Waals surface area contributed by atoms with E-state index in [-0.39, 0.29) is 15.6 Å². The van der Waals surface area contributed by atoms with Crippen LogP contribution in [-0.2, 0) is 9.84 Å². The molecule has 2 aromatic rings. The lowest BCUT2D eigenvalue weighted by Gasteiger charge is -2.08. The largest absolute Gasteiger partial charge is 0.321 e. The number of carbonyl (C=O) groups is 1. The molecule has 0 atom stereocenters. The summed E-state index contributed by atoms with van der Waals surface area (Å²) in [6.45, 7) is 0. The first-order valence-corrected chi connectivity index (χ1v) is 7.86. The second-order valence-corrected chi connectivity index (χ2v) is 6.53. The molecule has 0 fully saturated rings. The van der Waals surface area contributed by atoms with Crippen molar-refractivity contribution in [1.29, 1.82) is 0 Å². The molecule has 104 valence electrons. The Bertz CT molecular complexity index is 745. The highest BCUT2D eigenvalue weighted by atomic mass is 35.5. The van der Waals surface area contributed by atoms with Crippen molar-refractivity contribution in [2.24, 2.45) is 0 Å². The fourth-order valence-electron chi connectivity index (χ4n) is 1.52. The molecule has 1 aromatic carbocycles. The molecule has 1 amide bonds. The van der Waals surface area contributed by atoms with Crippen molar-refractivity contribution in [2.75, 3.05) is 11.6 Å². The molecular weight excluding hydrogens is 300 g/mol. The van der Waals surface area contributed by atoms with Crippen molar-refractivity contribution >= 4 is 33.0 Å². The van der Waals surface area contributed by atoms with Crippen LogP contribution in [0, 0.1) is 0 Å². The van der Waals surface area contributed by atoms with Gasteiger partial charge in [-0.2, -0.15) is 0 Å². The Balaban J connectivity index is 2.32. The zero-order chi connectivity index (χ0) is 14.8. The summed E-state index contributed by atoms with van der Waals surface area (Å²) in [5.74, 6) is -0.411. The van der Waals surface area contributed by atoms with Gasteiger partial charge in [0.25, 0.3) is 5.91 Å². The van der Waals surface area contributed by atoms with E-state index in [1.54, 1.807) is 18.3 Å². The number of rotatable bonds is 3. The van der Waals surface area contributed by atoms with Crippen molar-refractivity contribution in [3.8, 4) is 0 Å². The molecule has 5 nitrogen and oxygen atoms in total. The number of nitrogens with one attached hydrogen (secondary N) is 1. The summed E-state index contributed by atoms with van der Waals surface area (Å²) in [5, 5.41) is 2.82. The van der Waals surface area contributed by atoms with Crippen LogP contribution in [0.4, 0.5) is 5.69 Å². The maximum Gasteiger partial charge on any atom is 0.257 e. The van der Waals surface area contributed by atoms with Crippen LogP contribution in [0.5, 0.6) is 0 Å². The molecule has 0 aliphatic heterocycles. The number of carbonyl (C=O) groups excluding carboxylic acids is 1. The maximum absolute atomic E-state index is 12.0. The molecular formula is C13H11ClN2O3S. The third kappa shape index (κ3) is 3.34. The highest BCUT2D eigenvalue weighted by Gasteiger charge is 2.13. The molecule has 1 heterocycles. The predicted molar refractivity (Wildman–Crippen MR) is 76.8 cm³/mol. The highest BCUT2D eigenvalue weighted by Crippen LogP contribution is 2.25. The van der Waals surface area contributed by atoms with E-state index in [0.717, 1.165) is 6.26 Å². The summed E-state index contributed by atoms with van der Waals surface area (Å²) in [6, 6.07) is 7.36. The summed E-state index contributed by atoms with van der Waals surface area (Å²) >= 11 is 5.95. The Morgan fingerprint density at radius 2 is 2.05 bits per heavy atom. The van der Waals surface area contributed by atoms with Crippen molar-refractivity contribution in [1.82, 2.24) is 4.98 Å². The molecule has 0 saturated carbocycles. The SMILES string of the molecule is CS(=O)(=O)c1ccc(Cl)c(NC(=O)c2cccnc2)c1. The van der Waals surface area contributed by atoms with Crippen LogP contribution in [0.1, 0.15) is 10.4 Å². The van der Waals surface area contributed by atoms with Gasteiger partial charge in [-0.15, -0.1) is 0 Å². The van der Waals surface area contributed by atoms with Crippen LogP contribution < -0.4 is 5.32 Å². The quantitative estimate of drug-likeness (QED) is 0.944. The number of hydrogen-bond acceptors (Lipinski definition) is 4. The number of aromatic nitrogens is 1. The minimum Gasteiger partial charge on any atom is -0.321 e. The van der Waals surface area contributed by atoms with Gasteiger partial charge >= 0.3 is 0 Å². The molecule has 1 N–H and O–H groups in total. The Kier molecular flexibility index (Phi) is 4.06. The Morgan fingerprint density at radius 1 is 1.30 bits per heavy atom. The molecule has 0 saturated heterocycles. The highest BCUT2D eigenvalue weighted by molar-refractivity contribution is 7.90. The first-order valence-electron chi connectivity index (χ1n) is 5.59. The Hall–Kier alpha value is -1.92. The fraction of sp³-hybridized carbons (Fsp3) is 0.0769. The standard InChI is InChI=1S/C13H11ClN2O3S/c1-20(18,19)10-4-5-11(14)12(7-10)16-13(17)9-3-2-6-15-8-9/h2-8H,1H3,(H,16,17). The molecule has 20 heavy (non-hydrogen) atoms. The van der Waals surface area contributed by atoms with E-state index in [4.69, 9.17) is 11.6 Å². The number of sulfone groups is 1. The van der Waals surface area contributed by atoms with Crippen molar-refractivity contribution < 1.29 is 13.2 Å². The number of benzene rings is 1. The van der Waals surface area contributed by atoms with Gasteiger partial charge in [0, 0.05) is 18.6 Å². The normalized spacial score (nSPS) is 11.1. The minimum atomic E-state index is -3.36. The van der Waals surface area contributed by atoms with Gasteiger partial charge in [-0.25, -0.2) is 8.42 Å². The number of anilines is 1. The van der Waals surface area contributed by atoms with Gasteiger partial charge < -0.3 is 5.32 Å². The molecule has 0 aliphatic rings. The number of nitrogens with zero attached hydrogens (tertiary/aromatic N) is 1. The van der Waals surface area contributed by atoms with Gasteiger partial charge in [0.1, 0.15) is 0 Å². The summed E-state index contributed by atoms with van der Waals surface area (Å²) in [4.78, 5) is 15.9. The van der Waals surface area contributed by atoms with Crippen molar-refractivity contribution in [3.05, 3.63) is 53.3 Å². The van der Waals surface area contributed by atoms with Crippen LogP contribution in [0.3, 0.4) is 0 Å². The average molecular weight is 311 g/mol. The van der Waals surface area contributed by atoms with Crippen LogP contribution >= 0.6 is 11.6 Å². The Labute approximate surface area is 121 Å². The third-order valence-electron chi connectivity index (χ3n) is 2.54. The zero-order valence-electron chi connectivity index (χ0n) is 10.5. The Morgan fingerprint density at radius 3 is 2.65 bits per heavy atom. The van der Waals surface area contributed by atoms with Crippen LogP contribution in [0.25, 0.3) is 0 Å². The molecule has 0 bridgehead atoms. The third-order valence-corrected chi connectivity index (χ3v) is 3.98. The minimum absolute atomic E-state index is 0.0865. The van der Waals surface area contributed by atoms with E-state index in [1.807, 2.05) is 0 Å². The molecule has 0 spiro atoms. The van der Waals surface area contributed by atoms with Crippen LogP contribution in [0.2, 0.25) is 5.02 Å². The molecule has 0 unspecified atom stereocenters. The number of halogens is 1. The van der Waals surface area contributed by atoms with E-state index in [2.05, 4.69) is 10.3 Å². The average Bonchev–Trinajstić information content (AvgIpc) is 2.41. The number of hydrogen-bond donors (Lipinski definition) is 1. The second-order valence-electron chi connectivity index (χ2n) is 4.11. The summed E-state index contributed by atoms with van der Waals surface area (Å²) < 4.78 is 23.0. The summed E-state index contributed by atoms with van der Waals surface area (Å²) in [7, 11) is -3.36. The smallest absolute Gasteiger partial charge is 0.257 e. The van der Waals surface area contributed by atoms with Gasteiger partial charge in [-0.05, 0) is 30.3 Å². The van der Waals surface area contributed by atoms with Gasteiger partial charge in [0.05, 0.1) is 21.2 Å². The van der Waals surface area contributed by atoms with E-state index >= 15 is 0 Å². The molecule has 1 aromatic heterocycles. The van der Waals surface area contributed by atoms with Crippen LogP contribution in [-0.4, -0.2) is 25.6 Å². The lowest BCUT2D eigenvalue weighted by Crippen LogP contribution is -2.13.